The lowest BCUT2D eigenvalue weighted by atomic mass is 9.98. The lowest BCUT2D eigenvalue weighted by Crippen LogP contribution is -2.09. The number of hydrogen-bond donors (Lipinski definition) is 0. The summed E-state index contributed by atoms with van der Waals surface area (Å²) in [5.74, 6) is 0. The fourth-order valence-corrected chi connectivity index (χ4v) is 9.48. The molecule has 4 heteroatoms. The van der Waals surface area contributed by atoms with Gasteiger partial charge in [0, 0.05) is 82.0 Å². The summed E-state index contributed by atoms with van der Waals surface area (Å²) in [6.45, 7) is -0.441. The molecule has 13 aromatic rings. The second-order valence-corrected chi connectivity index (χ2v) is 16.1. The predicted octanol–water partition coefficient (Wildman–Crippen LogP) is 17.1. The minimum absolute atomic E-state index is 0.00961. The molecule has 0 N–H and O–H groups in total. The molecule has 10 aromatic carbocycles. The third-order valence-electron chi connectivity index (χ3n) is 12.4. The molecule has 0 bridgehead atoms. The Hall–Kier alpha value is -8.34. The SMILES string of the molecule is [2H]c1c([2H])c([2H])c(N(c2ccc(C)cc2)c2ccc3c(c2)oc2c4cc5c6cc(-c7ccccc7)cc7c8ccc(N(c9ccc(C([2H])([2H])[2H])cc9)c9c([2H])c([2H])c([2H])c([2H])c9[2H])cc8n(c5cc4ccc32)c76)c([2H])c1[2H]. The van der Waals surface area contributed by atoms with Crippen molar-refractivity contribution in [1.29, 1.82) is 0 Å². The van der Waals surface area contributed by atoms with Crippen molar-refractivity contribution in [2.45, 2.75) is 13.8 Å². The summed E-state index contributed by atoms with van der Waals surface area (Å²) in [5.41, 5.74) is 8.82. The molecule has 0 atom stereocenters. The molecule has 0 aliphatic rings. The molecule has 4 nitrogen and oxygen atoms in total. The van der Waals surface area contributed by atoms with Crippen molar-refractivity contribution in [2.24, 2.45) is 0 Å². The molecule has 3 aromatic heterocycles. The highest BCUT2D eigenvalue weighted by atomic mass is 16.3. The van der Waals surface area contributed by atoms with Crippen LogP contribution in [0.2, 0.25) is 0 Å². The van der Waals surface area contributed by atoms with Crippen molar-refractivity contribution in [3.8, 4) is 11.1 Å². The van der Waals surface area contributed by atoms with Gasteiger partial charge < -0.3 is 18.6 Å². The normalized spacial score (nSPS) is 15.0. The van der Waals surface area contributed by atoms with E-state index in [1.165, 1.54) is 12.1 Å². The van der Waals surface area contributed by atoms with Gasteiger partial charge in [-0.2, -0.15) is 0 Å². The second-order valence-electron chi connectivity index (χ2n) is 16.1. The second kappa shape index (κ2) is 14.1. The molecule has 0 aliphatic heterocycles. The molecule has 3 heterocycles. The number of benzene rings is 10. The average Bonchev–Trinajstić information content (AvgIpc) is 4.31. The maximum Gasteiger partial charge on any atom is 0.143 e. The monoisotopic (exact) mass is 832 g/mol. The quantitative estimate of drug-likeness (QED) is 0.160. The van der Waals surface area contributed by atoms with Crippen LogP contribution in [0.1, 0.15) is 28.9 Å². The van der Waals surface area contributed by atoms with Gasteiger partial charge in [-0.15, -0.1) is 0 Å². The van der Waals surface area contributed by atoms with Crippen molar-refractivity contribution < 1.29 is 22.2 Å². The first-order chi connectivity index (χ1) is 36.9. The number of anilines is 6. The van der Waals surface area contributed by atoms with Crippen molar-refractivity contribution in [2.75, 3.05) is 9.80 Å². The van der Waals surface area contributed by atoms with Gasteiger partial charge in [-0.3, -0.25) is 0 Å². The molecule has 0 radical (unpaired) electrons. The fraction of sp³-hybridized carbons (Fsp3) is 0.0333. The van der Waals surface area contributed by atoms with E-state index in [1.54, 1.807) is 21.9 Å². The van der Waals surface area contributed by atoms with E-state index in [1.807, 2.05) is 91.9 Å². The van der Waals surface area contributed by atoms with E-state index in [-0.39, 0.29) is 29.0 Å². The molecule has 13 rings (SSSR count). The number of nitrogens with zero attached hydrogens (tertiary/aromatic N) is 3. The van der Waals surface area contributed by atoms with Crippen molar-refractivity contribution in [3.05, 3.63) is 223 Å². The summed E-state index contributed by atoms with van der Waals surface area (Å²) < 4.78 is 120. The Balaban J connectivity index is 1.05. The van der Waals surface area contributed by atoms with Crippen LogP contribution < -0.4 is 9.80 Å². The lowest BCUT2D eigenvalue weighted by Gasteiger charge is -2.25. The summed E-state index contributed by atoms with van der Waals surface area (Å²) in [5, 5.41) is 7.21. The molecule has 0 saturated heterocycles. The molecule has 0 aliphatic carbocycles. The number of furan rings is 1. The van der Waals surface area contributed by atoms with Gasteiger partial charge in [0.15, 0.2) is 0 Å². The molecular formula is C60H41N3O. The van der Waals surface area contributed by atoms with Crippen LogP contribution in [-0.4, -0.2) is 4.40 Å². The van der Waals surface area contributed by atoms with Crippen LogP contribution in [0, 0.1) is 13.8 Å². The van der Waals surface area contributed by atoms with Gasteiger partial charge in [-0.05, 0) is 133 Å². The standard InChI is InChI=1S/C60H41N3O/c1-38-18-23-45(24-19-38)61(43-14-8-4-9-15-43)47-27-30-49-54-32-42(40-12-6-3-7-13-40)33-55-53-37-52-41(34-56(53)63(59(54)55)57(49)35-47)22-29-51-50-31-28-48(36-58(50)64-60(51)52)62(44-16-10-5-11-17-44)46-25-20-39(2)21-26-46/h3-37H,1-2H3/i1D3,4D,5D,8D,9D,10D,11D,14D,15D,16D,17D. The van der Waals surface area contributed by atoms with Gasteiger partial charge >= 0.3 is 0 Å². The van der Waals surface area contributed by atoms with Gasteiger partial charge in [-0.1, -0.05) is 114 Å². The maximum absolute atomic E-state index is 9.11. The minimum Gasteiger partial charge on any atom is -0.455 e. The van der Waals surface area contributed by atoms with Crippen LogP contribution >= 0.6 is 0 Å². The topological polar surface area (TPSA) is 24.0 Å². The van der Waals surface area contributed by atoms with Gasteiger partial charge in [0.2, 0.25) is 0 Å². The van der Waals surface area contributed by atoms with Crippen LogP contribution in [-0.2, 0) is 0 Å². The Labute approximate surface area is 388 Å². The highest BCUT2D eigenvalue weighted by molar-refractivity contribution is 6.27. The summed E-state index contributed by atoms with van der Waals surface area (Å²) in [6.07, 6.45) is 0. The highest BCUT2D eigenvalue weighted by Gasteiger charge is 2.23. The van der Waals surface area contributed by atoms with Gasteiger partial charge in [0.25, 0.3) is 0 Å². The van der Waals surface area contributed by atoms with E-state index in [2.05, 4.69) is 46.9 Å². The molecule has 0 unspecified atom stereocenters. The zero-order valence-corrected chi connectivity index (χ0v) is 34.2. The molecule has 64 heavy (non-hydrogen) atoms. The van der Waals surface area contributed by atoms with E-state index >= 15 is 0 Å². The first-order valence-corrected chi connectivity index (χ1v) is 20.9. The van der Waals surface area contributed by atoms with E-state index < -0.39 is 55.2 Å². The largest absolute Gasteiger partial charge is 0.455 e. The molecule has 0 amide bonds. The highest BCUT2D eigenvalue weighted by Crippen LogP contribution is 2.47. The van der Waals surface area contributed by atoms with Crippen molar-refractivity contribution >= 4 is 105 Å². The Bertz CT molecular complexity index is 4570. The molecule has 302 valence electrons. The van der Waals surface area contributed by atoms with Crippen LogP contribution in [0.25, 0.3) is 81.9 Å². The Morgan fingerprint density at radius 1 is 0.438 bits per heavy atom. The van der Waals surface area contributed by atoms with Crippen molar-refractivity contribution in [3.63, 3.8) is 0 Å². The molecular weight excluding hydrogens is 779 g/mol. The zero-order chi connectivity index (χ0) is 53.7. The average molecular weight is 833 g/mol. The smallest absolute Gasteiger partial charge is 0.143 e. The number of aryl methyl sites for hydroxylation is 2. The number of hydrogen-bond acceptors (Lipinski definition) is 3. The number of aromatic nitrogens is 1. The maximum atomic E-state index is 9.11. The van der Waals surface area contributed by atoms with Crippen LogP contribution in [0.15, 0.2) is 217 Å². The first kappa shape index (κ1) is 25.6. The van der Waals surface area contributed by atoms with Gasteiger partial charge in [0.05, 0.1) is 30.3 Å². The predicted molar refractivity (Wildman–Crippen MR) is 270 cm³/mol. The van der Waals surface area contributed by atoms with Crippen LogP contribution in [0.4, 0.5) is 34.1 Å². The zero-order valence-electron chi connectivity index (χ0n) is 47.2. The molecule has 0 spiro atoms. The Morgan fingerprint density at radius 3 is 1.69 bits per heavy atom. The third-order valence-corrected chi connectivity index (χ3v) is 12.4. The summed E-state index contributed by atoms with van der Waals surface area (Å²) >= 11 is 0. The minimum atomic E-state index is -2.40. The summed E-state index contributed by atoms with van der Waals surface area (Å²) in [7, 11) is 0. The van der Waals surface area contributed by atoms with Crippen LogP contribution in [0.5, 0.6) is 0 Å². The number of para-hydroxylation sites is 2. The molecule has 0 saturated carbocycles. The Kier molecular flexibility index (Phi) is 5.63. The first-order valence-electron chi connectivity index (χ1n) is 27.4. The van der Waals surface area contributed by atoms with E-state index in [0.29, 0.717) is 33.9 Å². The molecule has 0 fully saturated rings. The number of rotatable bonds is 7. The van der Waals surface area contributed by atoms with E-state index in [4.69, 9.17) is 22.2 Å². The fourth-order valence-electron chi connectivity index (χ4n) is 9.48. The van der Waals surface area contributed by atoms with Gasteiger partial charge in [0.1, 0.15) is 11.2 Å². The number of fused-ring (bicyclic) bond motifs is 11. The Morgan fingerprint density at radius 2 is 1.02 bits per heavy atom. The summed E-state index contributed by atoms with van der Waals surface area (Å²) in [6, 6.07) is 43.5. The van der Waals surface area contributed by atoms with E-state index in [0.717, 1.165) is 76.3 Å². The lowest BCUT2D eigenvalue weighted by molar-refractivity contribution is 0.673. The van der Waals surface area contributed by atoms with Gasteiger partial charge in [-0.25, -0.2) is 0 Å². The summed E-state index contributed by atoms with van der Waals surface area (Å²) in [4.78, 5) is 3.26. The van der Waals surface area contributed by atoms with E-state index in [9.17, 15) is 0 Å². The van der Waals surface area contributed by atoms with Crippen LogP contribution in [0.3, 0.4) is 0 Å². The third kappa shape index (κ3) is 5.62. The van der Waals surface area contributed by atoms with Crippen molar-refractivity contribution in [1.82, 2.24) is 4.40 Å².